The van der Waals surface area contributed by atoms with Crippen LogP contribution in [0.25, 0.3) is 0 Å². The van der Waals surface area contributed by atoms with Crippen LogP contribution in [0.15, 0.2) is 36.4 Å². The van der Waals surface area contributed by atoms with Crippen LogP contribution < -0.4 is 0 Å². The van der Waals surface area contributed by atoms with Crippen LogP contribution in [0, 0.1) is 17.6 Å². The molecule has 1 aliphatic carbocycles. The predicted octanol–water partition coefficient (Wildman–Crippen LogP) is 3.56. The van der Waals surface area contributed by atoms with Gasteiger partial charge in [0.05, 0.1) is 25.7 Å². The van der Waals surface area contributed by atoms with E-state index in [2.05, 4.69) is 0 Å². The van der Waals surface area contributed by atoms with Gasteiger partial charge >= 0.3 is 6.09 Å². The molecular formula is C29H35ClF2N2O7. The second kappa shape index (κ2) is 13.4. The summed E-state index contributed by atoms with van der Waals surface area (Å²) in [6, 6.07) is 8.60. The first-order valence-electron chi connectivity index (χ1n) is 13.5. The average Bonchev–Trinajstić information content (AvgIpc) is 3.81. The van der Waals surface area contributed by atoms with Crippen LogP contribution in [0.1, 0.15) is 36.0 Å². The number of hydrogen-bond donors (Lipinski definition) is 3. The van der Waals surface area contributed by atoms with Crippen molar-refractivity contribution in [3.8, 4) is 0 Å². The summed E-state index contributed by atoms with van der Waals surface area (Å²) in [5.74, 6) is -3.84. The lowest BCUT2D eigenvalue weighted by atomic mass is 9.74. The standard InChI is InChI=1S/C29H35ClF2N2O7/c1-40-11-8-18-2-6-24(30)19(12-18)14-34(21-4-5-21)27(37)23-15-33(28(38)39)10-9-29(23,41-17-22(36)16-35)20-3-7-25(31)26(32)13-20/h2-3,6-7,12-13,21-23,35-36H,4-5,8-11,14-17H2,1H3,(H,38,39)/t22?,23-,29+/m1/s1. The smallest absolute Gasteiger partial charge is 0.407 e. The lowest BCUT2D eigenvalue weighted by molar-refractivity contribution is -0.174. The first kappa shape index (κ1) is 31.1. The van der Waals surface area contributed by atoms with Crippen molar-refractivity contribution >= 4 is 23.6 Å². The van der Waals surface area contributed by atoms with E-state index in [1.54, 1.807) is 18.1 Å². The zero-order chi connectivity index (χ0) is 29.7. The summed E-state index contributed by atoms with van der Waals surface area (Å²) in [7, 11) is 1.61. The fourth-order valence-corrected chi connectivity index (χ4v) is 5.50. The van der Waals surface area contributed by atoms with E-state index in [1.807, 2.05) is 12.1 Å². The van der Waals surface area contributed by atoms with Gasteiger partial charge in [0, 0.05) is 37.8 Å². The molecule has 0 spiro atoms. The molecule has 1 heterocycles. The Kier molecular flexibility index (Phi) is 10.2. The number of carbonyl (C=O) groups excluding carboxylic acids is 1. The monoisotopic (exact) mass is 596 g/mol. The first-order chi connectivity index (χ1) is 19.6. The van der Waals surface area contributed by atoms with E-state index in [1.165, 1.54) is 6.07 Å². The summed E-state index contributed by atoms with van der Waals surface area (Å²) in [6.45, 7) is -0.701. The fraction of sp³-hybridized carbons (Fsp3) is 0.517. The number of carbonyl (C=O) groups is 2. The Morgan fingerprint density at radius 2 is 1.95 bits per heavy atom. The maximum atomic E-state index is 14.5. The molecule has 3 atom stereocenters. The summed E-state index contributed by atoms with van der Waals surface area (Å²) in [6.07, 6.45) is -0.476. The molecule has 2 aromatic carbocycles. The number of halogens is 3. The number of benzene rings is 2. The number of methoxy groups -OCH3 is 1. The number of aliphatic hydroxyl groups is 2. The summed E-state index contributed by atoms with van der Waals surface area (Å²) in [4.78, 5) is 29.2. The number of nitrogens with zero attached hydrogens (tertiary/aromatic N) is 2. The SMILES string of the molecule is COCCc1ccc(Cl)c(CN(C(=O)[C@H]2CN(C(=O)O)CC[C@]2(OCC(O)CO)c2ccc(F)c(F)c2)C2CC2)c1. The van der Waals surface area contributed by atoms with Gasteiger partial charge in [-0.25, -0.2) is 13.6 Å². The molecule has 1 aliphatic heterocycles. The number of hydrogen-bond acceptors (Lipinski definition) is 6. The normalized spacial score (nSPS) is 21.5. The molecule has 0 aromatic heterocycles. The van der Waals surface area contributed by atoms with Gasteiger partial charge in [0.2, 0.25) is 5.91 Å². The Morgan fingerprint density at radius 1 is 1.20 bits per heavy atom. The molecule has 0 radical (unpaired) electrons. The van der Waals surface area contributed by atoms with Crippen LogP contribution in [-0.4, -0.2) is 89.3 Å². The molecule has 41 heavy (non-hydrogen) atoms. The fourth-order valence-electron chi connectivity index (χ4n) is 5.33. The summed E-state index contributed by atoms with van der Waals surface area (Å²) in [5, 5.41) is 29.8. The van der Waals surface area contributed by atoms with Gasteiger partial charge in [-0.2, -0.15) is 0 Å². The van der Waals surface area contributed by atoms with Gasteiger partial charge in [-0.3, -0.25) is 4.79 Å². The highest BCUT2D eigenvalue weighted by atomic mass is 35.5. The maximum Gasteiger partial charge on any atom is 0.407 e. The van der Waals surface area contributed by atoms with E-state index in [4.69, 9.17) is 21.1 Å². The molecule has 2 amide bonds. The van der Waals surface area contributed by atoms with E-state index >= 15 is 0 Å². The van der Waals surface area contributed by atoms with E-state index in [0.29, 0.717) is 23.6 Å². The van der Waals surface area contributed by atoms with Crippen molar-refractivity contribution in [3.05, 3.63) is 69.7 Å². The summed E-state index contributed by atoms with van der Waals surface area (Å²) >= 11 is 6.53. The number of amides is 2. The van der Waals surface area contributed by atoms with E-state index in [-0.39, 0.29) is 37.7 Å². The molecule has 1 saturated carbocycles. The maximum absolute atomic E-state index is 14.5. The summed E-state index contributed by atoms with van der Waals surface area (Å²) < 4.78 is 39.8. The zero-order valence-corrected chi connectivity index (χ0v) is 23.5. The minimum atomic E-state index is -1.61. The number of piperidine rings is 1. The Labute approximate surface area is 242 Å². The van der Waals surface area contributed by atoms with Crippen LogP contribution in [0.5, 0.6) is 0 Å². The molecule has 0 bridgehead atoms. The van der Waals surface area contributed by atoms with Crippen molar-refractivity contribution in [2.45, 2.75) is 50.0 Å². The van der Waals surface area contributed by atoms with Crippen LogP contribution in [0.2, 0.25) is 5.02 Å². The van der Waals surface area contributed by atoms with Gasteiger partial charge in [-0.1, -0.05) is 29.8 Å². The lowest BCUT2D eigenvalue weighted by Crippen LogP contribution is -2.59. The Bertz CT molecular complexity index is 1250. The van der Waals surface area contributed by atoms with Crippen molar-refractivity contribution in [2.75, 3.05) is 40.0 Å². The molecule has 224 valence electrons. The van der Waals surface area contributed by atoms with Crippen LogP contribution in [-0.2, 0) is 32.8 Å². The van der Waals surface area contributed by atoms with Crippen molar-refractivity contribution < 1.29 is 43.2 Å². The third-order valence-corrected chi connectivity index (χ3v) is 8.12. The number of likely N-dealkylation sites (tertiary alicyclic amines) is 1. The van der Waals surface area contributed by atoms with Crippen molar-refractivity contribution in [2.24, 2.45) is 5.92 Å². The highest BCUT2D eigenvalue weighted by Crippen LogP contribution is 2.44. The van der Waals surface area contributed by atoms with Gasteiger partial charge in [-0.05, 0) is 60.6 Å². The highest BCUT2D eigenvalue weighted by molar-refractivity contribution is 6.31. The molecule has 2 aliphatic rings. The zero-order valence-electron chi connectivity index (χ0n) is 22.8. The van der Waals surface area contributed by atoms with E-state index in [9.17, 15) is 33.7 Å². The molecule has 1 saturated heterocycles. The third kappa shape index (κ3) is 7.15. The van der Waals surface area contributed by atoms with Crippen LogP contribution in [0.4, 0.5) is 13.6 Å². The van der Waals surface area contributed by atoms with Crippen molar-refractivity contribution in [3.63, 3.8) is 0 Å². The Morgan fingerprint density at radius 3 is 2.59 bits per heavy atom. The lowest BCUT2D eigenvalue weighted by Gasteiger charge is -2.48. The molecule has 2 aromatic rings. The van der Waals surface area contributed by atoms with Crippen molar-refractivity contribution in [1.29, 1.82) is 0 Å². The first-order valence-corrected chi connectivity index (χ1v) is 13.9. The van der Waals surface area contributed by atoms with Gasteiger partial charge in [0.1, 0.15) is 11.7 Å². The number of aliphatic hydroxyl groups excluding tert-OH is 2. The number of ether oxygens (including phenoxy) is 2. The van der Waals surface area contributed by atoms with Crippen LogP contribution >= 0.6 is 11.6 Å². The highest BCUT2D eigenvalue weighted by Gasteiger charge is 2.53. The topological polar surface area (TPSA) is 120 Å². The Balaban J connectivity index is 1.75. The average molecular weight is 597 g/mol. The predicted molar refractivity (Wildman–Crippen MR) is 145 cm³/mol. The second-order valence-corrected chi connectivity index (χ2v) is 11.0. The van der Waals surface area contributed by atoms with E-state index < -0.39 is 54.5 Å². The van der Waals surface area contributed by atoms with E-state index in [0.717, 1.165) is 35.4 Å². The number of rotatable bonds is 12. The molecule has 4 rings (SSSR count). The van der Waals surface area contributed by atoms with Gasteiger partial charge in [-0.15, -0.1) is 0 Å². The third-order valence-electron chi connectivity index (χ3n) is 7.76. The van der Waals surface area contributed by atoms with Crippen molar-refractivity contribution in [1.82, 2.24) is 9.80 Å². The minimum Gasteiger partial charge on any atom is -0.465 e. The largest absolute Gasteiger partial charge is 0.465 e. The van der Waals surface area contributed by atoms with Gasteiger partial charge < -0.3 is 34.6 Å². The Hall–Kier alpha value is -2.83. The van der Waals surface area contributed by atoms with Gasteiger partial charge in [0.25, 0.3) is 0 Å². The molecule has 9 nitrogen and oxygen atoms in total. The number of carboxylic acid groups (broad SMARTS) is 1. The molecule has 2 fully saturated rings. The quantitative estimate of drug-likeness (QED) is 0.343. The minimum absolute atomic E-state index is 0.0515. The van der Waals surface area contributed by atoms with Crippen LogP contribution in [0.3, 0.4) is 0 Å². The molecule has 1 unspecified atom stereocenters. The molecular weight excluding hydrogens is 562 g/mol. The summed E-state index contributed by atoms with van der Waals surface area (Å²) in [5.41, 5.74) is 0.216. The molecule has 12 heteroatoms. The molecule has 3 N–H and O–H groups in total. The second-order valence-electron chi connectivity index (χ2n) is 10.6. The van der Waals surface area contributed by atoms with Gasteiger partial charge in [0.15, 0.2) is 11.6 Å².